The molecule has 1 aromatic heterocycles. The maximum atomic E-state index is 12.3. The molecule has 8 heteroatoms. The van der Waals surface area contributed by atoms with Crippen molar-refractivity contribution in [3.63, 3.8) is 0 Å². The van der Waals surface area contributed by atoms with Crippen molar-refractivity contribution >= 4 is 11.0 Å². The number of fused-ring (bicyclic) bond motifs is 1. The standard InChI is InChI=1S/C20H19F3N2O3/c1-25-10-2-3-15(25)12-26-19-17-11-14(6-9-18(17)28-24-19)13-4-7-16(8-5-13)27-20(21,22)23/h4-9,11,15H,2-3,10,12H2,1H3/t15-/m0/s1. The van der Waals surface area contributed by atoms with Gasteiger partial charge in [0.1, 0.15) is 12.4 Å². The Kier molecular flexibility index (Phi) is 4.89. The maximum absolute atomic E-state index is 12.3. The Hall–Kier alpha value is -2.74. The number of likely N-dealkylation sites (tertiary alicyclic amines) is 1. The Morgan fingerprint density at radius 1 is 1.14 bits per heavy atom. The second-order valence-electron chi connectivity index (χ2n) is 6.86. The Morgan fingerprint density at radius 3 is 2.57 bits per heavy atom. The van der Waals surface area contributed by atoms with Crippen LogP contribution in [0.2, 0.25) is 0 Å². The van der Waals surface area contributed by atoms with Gasteiger partial charge >= 0.3 is 6.36 Å². The van der Waals surface area contributed by atoms with E-state index in [1.54, 1.807) is 18.2 Å². The minimum Gasteiger partial charge on any atom is -0.473 e. The Balaban J connectivity index is 1.53. The van der Waals surface area contributed by atoms with E-state index in [0.717, 1.165) is 35.9 Å². The summed E-state index contributed by atoms with van der Waals surface area (Å²) in [7, 11) is 2.08. The summed E-state index contributed by atoms with van der Waals surface area (Å²) in [6.45, 7) is 1.59. The number of halogens is 3. The zero-order valence-corrected chi connectivity index (χ0v) is 15.2. The number of ether oxygens (including phenoxy) is 2. The van der Waals surface area contributed by atoms with E-state index in [4.69, 9.17) is 9.26 Å². The predicted molar refractivity (Wildman–Crippen MR) is 97.3 cm³/mol. The van der Waals surface area contributed by atoms with E-state index in [-0.39, 0.29) is 5.75 Å². The smallest absolute Gasteiger partial charge is 0.473 e. The maximum Gasteiger partial charge on any atom is 0.573 e. The van der Waals surface area contributed by atoms with Crippen LogP contribution in [0.1, 0.15) is 12.8 Å². The number of nitrogens with zero attached hydrogens (tertiary/aromatic N) is 2. The van der Waals surface area contributed by atoms with Crippen LogP contribution in [0.4, 0.5) is 13.2 Å². The summed E-state index contributed by atoms with van der Waals surface area (Å²) in [6, 6.07) is 11.5. The Morgan fingerprint density at radius 2 is 1.89 bits per heavy atom. The molecule has 0 spiro atoms. The fourth-order valence-electron chi connectivity index (χ4n) is 3.41. The second kappa shape index (κ2) is 7.35. The number of rotatable bonds is 5. The first-order chi connectivity index (χ1) is 13.4. The van der Waals surface area contributed by atoms with Gasteiger partial charge in [0.25, 0.3) is 5.88 Å². The van der Waals surface area contributed by atoms with E-state index in [1.807, 2.05) is 12.1 Å². The highest BCUT2D eigenvalue weighted by atomic mass is 19.4. The van der Waals surface area contributed by atoms with Crippen LogP contribution in [0.3, 0.4) is 0 Å². The van der Waals surface area contributed by atoms with Crippen LogP contribution in [0, 0.1) is 0 Å². The fourth-order valence-corrected chi connectivity index (χ4v) is 3.41. The molecule has 1 atom stereocenters. The number of hydrogen-bond donors (Lipinski definition) is 0. The third-order valence-electron chi connectivity index (χ3n) is 4.94. The molecule has 1 aliphatic heterocycles. The summed E-state index contributed by atoms with van der Waals surface area (Å²) in [5, 5.41) is 4.74. The van der Waals surface area contributed by atoms with Crippen molar-refractivity contribution < 1.29 is 27.2 Å². The van der Waals surface area contributed by atoms with Gasteiger partial charge in [0.05, 0.1) is 5.39 Å². The van der Waals surface area contributed by atoms with Gasteiger partial charge in [-0.15, -0.1) is 13.2 Å². The van der Waals surface area contributed by atoms with Gasteiger partial charge in [-0.25, -0.2) is 0 Å². The zero-order chi connectivity index (χ0) is 19.7. The van der Waals surface area contributed by atoms with Gasteiger partial charge in [-0.3, -0.25) is 0 Å². The summed E-state index contributed by atoms with van der Waals surface area (Å²) in [6.07, 6.45) is -2.46. The van der Waals surface area contributed by atoms with Crippen molar-refractivity contribution in [3.8, 4) is 22.8 Å². The van der Waals surface area contributed by atoms with Gasteiger partial charge in [0.15, 0.2) is 5.58 Å². The Labute approximate surface area is 159 Å². The molecule has 28 heavy (non-hydrogen) atoms. The molecule has 3 aromatic rings. The molecule has 0 N–H and O–H groups in total. The van der Waals surface area contributed by atoms with Crippen LogP contribution < -0.4 is 9.47 Å². The number of alkyl halides is 3. The van der Waals surface area contributed by atoms with Gasteiger partial charge in [0, 0.05) is 6.04 Å². The SMILES string of the molecule is CN1CCC[C@H]1COc1noc2ccc(-c3ccc(OC(F)(F)F)cc3)cc12. The molecule has 0 amide bonds. The minimum absolute atomic E-state index is 0.257. The molecule has 0 bridgehead atoms. The largest absolute Gasteiger partial charge is 0.573 e. The highest BCUT2D eigenvalue weighted by Crippen LogP contribution is 2.32. The average molecular weight is 392 g/mol. The lowest BCUT2D eigenvalue weighted by molar-refractivity contribution is -0.274. The predicted octanol–water partition coefficient (Wildman–Crippen LogP) is 4.87. The van der Waals surface area contributed by atoms with Gasteiger partial charge in [-0.05, 0) is 67.0 Å². The van der Waals surface area contributed by atoms with E-state index in [1.165, 1.54) is 12.1 Å². The summed E-state index contributed by atoms with van der Waals surface area (Å²) >= 11 is 0. The van der Waals surface area contributed by atoms with Crippen molar-refractivity contribution in [3.05, 3.63) is 42.5 Å². The van der Waals surface area contributed by atoms with Crippen molar-refractivity contribution in [2.45, 2.75) is 25.2 Å². The number of likely N-dealkylation sites (N-methyl/N-ethyl adjacent to an activating group) is 1. The van der Waals surface area contributed by atoms with E-state index >= 15 is 0 Å². The summed E-state index contributed by atoms with van der Waals surface area (Å²) in [5.41, 5.74) is 2.16. The average Bonchev–Trinajstić information content (AvgIpc) is 3.24. The quantitative estimate of drug-likeness (QED) is 0.620. The first-order valence-electron chi connectivity index (χ1n) is 8.98. The molecule has 1 aliphatic rings. The molecule has 5 nitrogen and oxygen atoms in total. The molecular formula is C20H19F3N2O3. The normalized spacial score (nSPS) is 17.9. The summed E-state index contributed by atoms with van der Waals surface area (Å²) in [4.78, 5) is 2.26. The fraction of sp³-hybridized carbons (Fsp3) is 0.350. The third-order valence-corrected chi connectivity index (χ3v) is 4.94. The lowest BCUT2D eigenvalue weighted by atomic mass is 10.0. The first kappa shape index (κ1) is 18.6. The van der Waals surface area contributed by atoms with Crippen LogP contribution in [0.5, 0.6) is 11.6 Å². The number of aromatic nitrogens is 1. The topological polar surface area (TPSA) is 47.7 Å². The van der Waals surface area contributed by atoms with Crippen molar-refractivity contribution in [2.24, 2.45) is 0 Å². The van der Waals surface area contributed by atoms with Gasteiger partial charge in [-0.1, -0.05) is 18.2 Å². The molecular weight excluding hydrogens is 373 g/mol. The van der Waals surface area contributed by atoms with E-state index in [0.29, 0.717) is 24.1 Å². The van der Waals surface area contributed by atoms with Crippen LogP contribution in [0.25, 0.3) is 22.1 Å². The molecule has 0 saturated carbocycles. The Bertz CT molecular complexity index is 953. The zero-order valence-electron chi connectivity index (χ0n) is 15.2. The molecule has 0 aliphatic carbocycles. The molecule has 1 saturated heterocycles. The summed E-state index contributed by atoms with van der Waals surface area (Å²) in [5.74, 6) is 0.168. The third kappa shape index (κ3) is 4.06. The molecule has 2 aromatic carbocycles. The number of benzene rings is 2. The molecule has 0 radical (unpaired) electrons. The minimum atomic E-state index is -4.71. The van der Waals surface area contributed by atoms with Crippen LogP contribution in [-0.4, -0.2) is 42.7 Å². The highest BCUT2D eigenvalue weighted by molar-refractivity contribution is 5.87. The van der Waals surface area contributed by atoms with Crippen molar-refractivity contribution in [1.29, 1.82) is 0 Å². The lowest BCUT2D eigenvalue weighted by Crippen LogP contribution is -2.30. The summed E-state index contributed by atoms with van der Waals surface area (Å²) < 4.78 is 52.0. The molecule has 0 unspecified atom stereocenters. The van der Waals surface area contributed by atoms with Crippen LogP contribution >= 0.6 is 0 Å². The van der Waals surface area contributed by atoms with Crippen LogP contribution in [0.15, 0.2) is 47.0 Å². The van der Waals surface area contributed by atoms with E-state index in [2.05, 4.69) is 21.8 Å². The molecule has 1 fully saturated rings. The van der Waals surface area contributed by atoms with Gasteiger partial charge in [-0.2, -0.15) is 0 Å². The van der Waals surface area contributed by atoms with Crippen molar-refractivity contribution in [1.82, 2.24) is 10.1 Å². The number of hydrogen-bond acceptors (Lipinski definition) is 5. The van der Waals surface area contributed by atoms with E-state index in [9.17, 15) is 13.2 Å². The molecule has 148 valence electrons. The highest BCUT2D eigenvalue weighted by Gasteiger charge is 2.31. The van der Waals surface area contributed by atoms with Crippen LogP contribution in [-0.2, 0) is 0 Å². The van der Waals surface area contributed by atoms with Gasteiger partial charge < -0.3 is 18.9 Å². The first-order valence-corrected chi connectivity index (χ1v) is 8.98. The van der Waals surface area contributed by atoms with E-state index < -0.39 is 6.36 Å². The monoisotopic (exact) mass is 392 g/mol. The second-order valence-corrected chi connectivity index (χ2v) is 6.86. The van der Waals surface area contributed by atoms with Gasteiger partial charge in [0.2, 0.25) is 0 Å². The lowest BCUT2D eigenvalue weighted by Gasteiger charge is -2.18. The molecule has 2 heterocycles. The van der Waals surface area contributed by atoms with Crippen molar-refractivity contribution in [2.75, 3.05) is 20.2 Å². The molecule has 4 rings (SSSR count).